The highest BCUT2D eigenvalue weighted by Crippen LogP contribution is 2.37. The second-order valence-corrected chi connectivity index (χ2v) is 7.23. The predicted octanol–water partition coefficient (Wildman–Crippen LogP) is 3.93. The first-order chi connectivity index (χ1) is 13.3. The Morgan fingerprint density at radius 2 is 1.89 bits per heavy atom. The molecule has 28 heavy (non-hydrogen) atoms. The molecule has 146 valence electrons. The number of anilines is 1. The summed E-state index contributed by atoms with van der Waals surface area (Å²) < 4.78 is 11.6. The molecule has 0 bridgehead atoms. The fourth-order valence-corrected chi connectivity index (χ4v) is 3.45. The third kappa shape index (κ3) is 3.75. The number of hydrazine groups is 1. The van der Waals surface area contributed by atoms with Crippen molar-refractivity contribution in [2.75, 3.05) is 18.7 Å². The lowest BCUT2D eigenvalue weighted by molar-refractivity contribution is -0.117. The van der Waals surface area contributed by atoms with Gasteiger partial charge in [-0.1, -0.05) is 6.07 Å². The summed E-state index contributed by atoms with van der Waals surface area (Å²) >= 11 is 3.45. The molecule has 1 fully saturated rings. The van der Waals surface area contributed by atoms with Crippen LogP contribution in [0.15, 0.2) is 40.4 Å². The van der Waals surface area contributed by atoms with E-state index in [1.165, 1.54) is 12.1 Å². The normalized spacial score (nSPS) is 15.2. The summed E-state index contributed by atoms with van der Waals surface area (Å²) in [6, 6.07) is 9.09. The highest BCUT2D eigenvalue weighted by Gasteiger charge is 2.34. The molecule has 0 unspecified atom stereocenters. The molecule has 1 aliphatic rings. The SMILES string of the molecule is CCOc1c(Br)cc(/C=C2\C(=O)NN(c3ccc(C)c(C)c3)C2=O)cc1OC. The van der Waals surface area contributed by atoms with Crippen LogP contribution >= 0.6 is 15.9 Å². The molecule has 2 amide bonds. The molecule has 1 heterocycles. The van der Waals surface area contributed by atoms with Crippen LogP contribution in [0.4, 0.5) is 5.69 Å². The van der Waals surface area contributed by atoms with Gasteiger partial charge in [-0.3, -0.25) is 15.0 Å². The van der Waals surface area contributed by atoms with Crippen LogP contribution in [0.5, 0.6) is 11.5 Å². The van der Waals surface area contributed by atoms with Crippen molar-refractivity contribution in [3.63, 3.8) is 0 Å². The topological polar surface area (TPSA) is 67.9 Å². The smallest absolute Gasteiger partial charge is 0.282 e. The average Bonchev–Trinajstić information content (AvgIpc) is 2.94. The number of aryl methyl sites for hydroxylation is 2. The quantitative estimate of drug-likeness (QED) is 0.560. The van der Waals surface area contributed by atoms with E-state index in [-0.39, 0.29) is 5.57 Å². The molecule has 1 N–H and O–H groups in total. The van der Waals surface area contributed by atoms with Crippen molar-refractivity contribution in [2.24, 2.45) is 0 Å². The van der Waals surface area contributed by atoms with E-state index in [4.69, 9.17) is 9.47 Å². The van der Waals surface area contributed by atoms with Crippen molar-refractivity contribution in [1.29, 1.82) is 0 Å². The van der Waals surface area contributed by atoms with Crippen molar-refractivity contribution >= 4 is 39.5 Å². The minimum Gasteiger partial charge on any atom is -0.493 e. The van der Waals surface area contributed by atoms with Gasteiger partial charge in [0.1, 0.15) is 5.57 Å². The van der Waals surface area contributed by atoms with Crippen molar-refractivity contribution < 1.29 is 19.1 Å². The van der Waals surface area contributed by atoms with Crippen molar-refractivity contribution in [3.05, 3.63) is 57.1 Å². The Morgan fingerprint density at radius 1 is 1.14 bits per heavy atom. The Hall–Kier alpha value is -2.80. The van der Waals surface area contributed by atoms with Gasteiger partial charge >= 0.3 is 0 Å². The van der Waals surface area contributed by atoms with Gasteiger partial charge in [0.25, 0.3) is 11.8 Å². The van der Waals surface area contributed by atoms with Crippen LogP contribution in [-0.4, -0.2) is 25.5 Å². The van der Waals surface area contributed by atoms with E-state index in [9.17, 15) is 9.59 Å². The van der Waals surface area contributed by atoms with E-state index in [1.807, 2.05) is 32.9 Å². The van der Waals surface area contributed by atoms with Crippen LogP contribution in [0.2, 0.25) is 0 Å². The minimum atomic E-state index is -0.452. The summed E-state index contributed by atoms with van der Waals surface area (Å²) in [5.41, 5.74) is 6.09. The van der Waals surface area contributed by atoms with E-state index < -0.39 is 11.8 Å². The molecule has 3 rings (SSSR count). The molecular weight excluding hydrogens is 424 g/mol. The maximum Gasteiger partial charge on any atom is 0.282 e. The monoisotopic (exact) mass is 444 g/mol. The number of ether oxygens (including phenoxy) is 2. The van der Waals surface area contributed by atoms with Gasteiger partial charge in [-0.2, -0.15) is 0 Å². The molecule has 2 aromatic rings. The van der Waals surface area contributed by atoms with Crippen LogP contribution in [-0.2, 0) is 9.59 Å². The van der Waals surface area contributed by atoms with Gasteiger partial charge in [-0.15, -0.1) is 0 Å². The zero-order valence-electron chi connectivity index (χ0n) is 16.1. The summed E-state index contributed by atoms with van der Waals surface area (Å²) in [7, 11) is 1.54. The lowest BCUT2D eigenvalue weighted by Gasteiger charge is -2.16. The van der Waals surface area contributed by atoms with Crippen LogP contribution < -0.4 is 19.9 Å². The van der Waals surface area contributed by atoms with E-state index in [2.05, 4.69) is 21.4 Å². The number of nitrogens with zero attached hydrogens (tertiary/aromatic N) is 1. The van der Waals surface area contributed by atoms with E-state index in [1.54, 1.807) is 24.3 Å². The molecule has 0 aliphatic carbocycles. The molecule has 6 nitrogen and oxygen atoms in total. The number of carbonyl (C=O) groups excluding carboxylic acids is 2. The Balaban J connectivity index is 1.96. The first kappa shape index (κ1) is 19.9. The summed E-state index contributed by atoms with van der Waals surface area (Å²) in [6.07, 6.45) is 1.54. The van der Waals surface area contributed by atoms with Gasteiger partial charge in [0.05, 0.1) is 23.9 Å². The Bertz CT molecular complexity index is 985. The number of methoxy groups -OCH3 is 1. The number of hydrogen-bond donors (Lipinski definition) is 1. The zero-order chi connectivity index (χ0) is 20.4. The maximum atomic E-state index is 12.8. The van der Waals surface area contributed by atoms with Gasteiger partial charge in [0.15, 0.2) is 11.5 Å². The summed E-state index contributed by atoms with van der Waals surface area (Å²) in [4.78, 5) is 25.3. The van der Waals surface area contributed by atoms with Crippen molar-refractivity contribution in [1.82, 2.24) is 5.43 Å². The molecule has 0 spiro atoms. The fraction of sp³-hybridized carbons (Fsp3) is 0.238. The summed E-state index contributed by atoms with van der Waals surface area (Å²) in [5, 5.41) is 1.27. The molecule has 2 aromatic carbocycles. The number of carbonyl (C=O) groups is 2. The average molecular weight is 445 g/mol. The molecule has 0 aromatic heterocycles. The Morgan fingerprint density at radius 3 is 2.54 bits per heavy atom. The molecule has 1 saturated heterocycles. The van der Waals surface area contributed by atoms with Gasteiger partial charge in [0.2, 0.25) is 0 Å². The predicted molar refractivity (Wildman–Crippen MR) is 111 cm³/mol. The van der Waals surface area contributed by atoms with E-state index in [0.29, 0.717) is 33.8 Å². The summed E-state index contributed by atoms with van der Waals surface area (Å²) in [6.45, 7) is 6.32. The Labute approximate surface area is 172 Å². The van der Waals surface area contributed by atoms with Gasteiger partial charge in [-0.05, 0) is 83.7 Å². The lowest BCUT2D eigenvalue weighted by Crippen LogP contribution is -2.35. The number of rotatable bonds is 5. The number of halogens is 1. The first-order valence-corrected chi connectivity index (χ1v) is 9.59. The van der Waals surface area contributed by atoms with Crippen LogP contribution in [0.1, 0.15) is 23.6 Å². The second kappa shape index (κ2) is 8.06. The largest absolute Gasteiger partial charge is 0.493 e. The maximum absolute atomic E-state index is 12.8. The minimum absolute atomic E-state index is 0.0522. The second-order valence-electron chi connectivity index (χ2n) is 6.38. The molecular formula is C21H21BrN2O4. The first-order valence-electron chi connectivity index (χ1n) is 8.80. The van der Waals surface area contributed by atoms with Crippen LogP contribution in [0, 0.1) is 13.8 Å². The van der Waals surface area contributed by atoms with Crippen LogP contribution in [0.3, 0.4) is 0 Å². The molecule has 1 aliphatic heterocycles. The van der Waals surface area contributed by atoms with E-state index >= 15 is 0 Å². The fourth-order valence-electron chi connectivity index (χ4n) is 2.88. The standard InChI is InChI=1S/C21H21BrN2O4/c1-5-28-19-17(22)10-14(11-18(19)27-4)9-16-20(25)23-24(21(16)26)15-7-6-12(2)13(3)8-15/h6-11H,5H2,1-4H3,(H,23,25)/b16-9+. The van der Waals surface area contributed by atoms with Crippen molar-refractivity contribution in [2.45, 2.75) is 20.8 Å². The zero-order valence-corrected chi connectivity index (χ0v) is 17.7. The highest BCUT2D eigenvalue weighted by molar-refractivity contribution is 9.10. The number of hydrogen-bond acceptors (Lipinski definition) is 4. The third-order valence-corrected chi connectivity index (χ3v) is 5.08. The van der Waals surface area contributed by atoms with Gasteiger partial charge in [-0.25, -0.2) is 5.01 Å². The lowest BCUT2D eigenvalue weighted by atomic mass is 10.1. The Kier molecular flexibility index (Phi) is 5.74. The van der Waals surface area contributed by atoms with Gasteiger partial charge in [0, 0.05) is 0 Å². The molecule has 0 atom stereocenters. The number of amides is 2. The number of benzene rings is 2. The highest BCUT2D eigenvalue weighted by atomic mass is 79.9. The molecule has 7 heteroatoms. The molecule has 0 saturated carbocycles. The number of nitrogens with one attached hydrogen (secondary N) is 1. The summed E-state index contributed by atoms with van der Waals surface area (Å²) in [5.74, 6) is 0.232. The van der Waals surface area contributed by atoms with Crippen molar-refractivity contribution in [3.8, 4) is 11.5 Å². The molecule has 0 radical (unpaired) electrons. The van der Waals surface area contributed by atoms with Crippen LogP contribution in [0.25, 0.3) is 6.08 Å². The third-order valence-electron chi connectivity index (χ3n) is 4.49. The van der Waals surface area contributed by atoms with Gasteiger partial charge < -0.3 is 9.47 Å². The van der Waals surface area contributed by atoms with E-state index in [0.717, 1.165) is 11.1 Å².